The standard InChI is InChI=1S/C23H38O/c1-5-7-15(3)8-22-16(4)23-13-20(22)12-19(23)10-17-9-18(6-2)21(11-17)14-24/h6,10,15-18,20-24H,2,5,7-9,11-14H2,1,3-4H3/b19-10+. The molecule has 0 spiro atoms. The molecule has 1 nitrogen and oxygen atoms in total. The molecule has 3 aliphatic rings. The molecule has 1 N–H and O–H groups in total. The van der Waals surface area contributed by atoms with Gasteiger partial charge in [-0.25, -0.2) is 0 Å². The molecule has 1 heteroatoms. The lowest BCUT2D eigenvalue weighted by Gasteiger charge is -2.32. The van der Waals surface area contributed by atoms with Crippen LogP contribution >= 0.6 is 0 Å². The highest BCUT2D eigenvalue weighted by Gasteiger charge is 2.48. The zero-order valence-electron chi connectivity index (χ0n) is 16.1. The van der Waals surface area contributed by atoms with Gasteiger partial charge < -0.3 is 5.11 Å². The first-order chi connectivity index (χ1) is 11.6. The summed E-state index contributed by atoms with van der Waals surface area (Å²) in [5.41, 5.74) is 1.78. The van der Waals surface area contributed by atoms with Crippen LogP contribution in [-0.2, 0) is 0 Å². The summed E-state index contributed by atoms with van der Waals surface area (Å²) in [6, 6.07) is 0. The Hall–Kier alpha value is -0.560. The van der Waals surface area contributed by atoms with Crippen LogP contribution in [0, 0.1) is 47.3 Å². The van der Waals surface area contributed by atoms with Crippen LogP contribution in [0.2, 0.25) is 0 Å². The fourth-order valence-electron chi connectivity index (χ4n) is 6.43. The molecule has 0 aromatic carbocycles. The maximum Gasteiger partial charge on any atom is 0.0465 e. The van der Waals surface area contributed by atoms with E-state index in [-0.39, 0.29) is 0 Å². The number of allylic oxidation sites excluding steroid dienone is 3. The first-order valence-electron chi connectivity index (χ1n) is 10.5. The number of aliphatic hydroxyl groups excluding tert-OH is 1. The highest BCUT2D eigenvalue weighted by atomic mass is 16.3. The van der Waals surface area contributed by atoms with E-state index in [0.717, 1.165) is 29.6 Å². The van der Waals surface area contributed by atoms with E-state index in [1.807, 2.05) is 0 Å². The molecule has 0 heterocycles. The summed E-state index contributed by atoms with van der Waals surface area (Å²) in [5, 5.41) is 9.59. The van der Waals surface area contributed by atoms with Gasteiger partial charge in [0.25, 0.3) is 0 Å². The van der Waals surface area contributed by atoms with Gasteiger partial charge in [0, 0.05) is 6.61 Å². The van der Waals surface area contributed by atoms with E-state index in [9.17, 15) is 5.11 Å². The third-order valence-electron chi connectivity index (χ3n) is 7.68. The highest BCUT2D eigenvalue weighted by molar-refractivity contribution is 5.22. The summed E-state index contributed by atoms with van der Waals surface area (Å²) in [5.74, 6) is 6.25. The van der Waals surface area contributed by atoms with Crippen molar-refractivity contribution in [1.82, 2.24) is 0 Å². The Bertz CT molecular complexity index is 463. The minimum Gasteiger partial charge on any atom is -0.396 e. The van der Waals surface area contributed by atoms with E-state index >= 15 is 0 Å². The normalized spacial score (nSPS) is 44.3. The number of rotatable bonds is 7. The van der Waals surface area contributed by atoms with Crippen molar-refractivity contribution in [3.63, 3.8) is 0 Å². The first kappa shape index (κ1) is 18.2. The number of aliphatic hydroxyl groups is 1. The van der Waals surface area contributed by atoms with Crippen LogP contribution in [-0.4, -0.2) is 11.7 Å². The lowest BCUT2D eigenvalue weighted by atomic mass is 9.73. The molecule has 3 rings (SSSR count). The van der Waals surface area contributed by atoms with Gasteiger partial charge in [-0.05, 0) is 79.4 Å². The zero-order chi connectivity index (χ0) is 17.3. The minimum absolute atomic E-state index is 0.330. The van der Waals surface area contributed by atoms with Gasteiger partial charge in [-0.3, -0.25) is 0 Å². The van der Waals surface area contributed by atoms with Gasteiger partial charge in [0.15, 0.2) is 0 Å². The number of hydrogen-bond donors (Lipinski definition) is 1. The predicted molar refractivity (Wildman–Crippen MR) is 103 cm³/mol. The SMILES string of the molecule is C=CC1CC(/C=C2\CC3CC2C(C)C3CC(C)CCC)CC1CO. The molecular formula is C23H38O. The van der Waals surface area contributed by atoms with Crippen molar-refractivity contribution in [1.29, 1.82) is 0 Å². The van der Waals surface area contributed by atoms with Crippen LogP contribution < -0.4 is 0 Å². The first-order valence-corrected chi connectivity index (χ1v) is 10.5. The summed E-state index contributed by atoms with van der Waals surface area (Å²) in [6.45, 7) is 11.6. The fraction of sp³-hybridized carbons (Fsp3) is 0.826. The predicted octanol–water partition coefficient (Wildman–Crippen LogP) is 5.85. The van der Waals surface area contributed by atoms with E-state index in [1.54, 1.807) is 5.57 Å². The monoisotopic (exact) mass is 330 g/mol. The van der Waals surface area contributed by atoms with Gasteiger partial charge in [0.05, 0.1) is 0 Å². The molecular weight excluding hydrogens is 292 g/mol. The molecule has 0 aliphatic heterocycles. The largest absolute Gasteiger partial charge is 0.396 e. The molecule has 3 fully saturated rings. The molecule has 8 atom stereocenters. The zero-order valence-corrected chi connectivity index (χ0v) is 16.1. The maximum absolute atomic E-state index is 9.59. The van der Waals surface area contributed by atoms with Crippen molar-refractivity contribution in [2.75, 3.05) is 6.61 Å². The molecule has 0 saturated heterocycles. The Morgan fingerprint density at radius 2 is 2.08 bits per heavy atom. The maximum atomic E-state index is 9.59. The molecule has 8 unspecified atom stereocenters. The van der Waals surface area contributed by atoms with Gasteiger partial charge in [-0.1, -0.05) is 51.3 Å². The molecule has 0 aromatic heterocycles. The van der Waals surface area contributed by atoms with E-state index in [1.165, 1.54) is 44.9 Å². The van der Waals surface area contributed by atoms with Crippen LogP contribution in [0.1, 0.15) is 65.7 Å². The lowest BCUT2D eigenvalue weighted by molar-refractivity contribution is 0.209. The second-order valence-corrected chi connectivity index (χ2v) is 9.27. The Kier molecular flexibility index (Phi) is 5.90. The van der Waals surface area contributed by atoms with E-state index < -0.39 is 0 Å². The van der Waals surface area contributed by atoms with Crippen molar-refractivity contribution in [2.45, 2.75) is 65.7 Å². The molecule has 3 saturated carbocycles. The molecule has 24 heavy (non-hydrogen) atoms. The Balaban J connectivity index is 1.61. The summed E-state index contributed by atoms with van der Waals surface area (Å²) < 4.78 is 0. The van der Waals surface area contributed by atoms with E-state index in [2.05, 4.69) is 39.5 Å². The summed E-state index contributed by atoms with van der Waals surface area (Å²) in [7, 11) is 0. The molecule has 2 bridgehead atoms. The van der Waals surface area contributed by atoms with E-state index in [4.69, 9.17) is 0 Å². The van der Waals surface area contributed by atoms with Gasteiger partial charge in [0.1, 0.15) is 0 Å². The van der Waals surface area contributed by atoms with Crippen LogP contribution in [0.15, 0.2) is 24.3 Å². The average molecular weight is 331 g/mol. The molecule has 0 aromatic rings. The third kappa shape index (κ3) is 3.52. The highest BCUT2D eigenvalue weighted by Crippen LogP contribution is 2.57. The quantitative estimate of drug-likeness (QED) is 0.580. The average Bonchev–Trinajstić information content (AvgIpc) is 3.22. The van der Waals surface area contributed by atoms with Gasteiger partial charge in [-0.2, -0.15) is 0 Å². The van der Waals surface area contributed by atoms with Crippen molar-refractivity contribution < 1.29 is 5.11 Å². The molecule has 0 amide bonds. The minimum atomic E-state index is 0.330. The van der Waals surface area contributed by atoms with Gasteiger partial charge >= 0.3 is 0 Å². The molecule has 0 radical (unpaired) electrons. The van der Waals surface area contributed by atoms with Crippen LogP contribution in [0.25, 0.3) is 0 Å². The van der Waals surface area contributed by atoms with Crippen LogP contribution in [0.4, 0.5) is 0 Å². The molecule has 3 aliphatic carbocycles. The van der Waals surface area contributed by atoms with Crippen molar-refractivity contribution >= 4 is 0 Å². The summed E-state index contributed by atoms with van der Waals surface area (Å²) in [4.78, 5) is 0. The Labute approximate surface area is 149 Å². The third-order valence-corrected chi connectivity index (χ3v) is 7.68. The number of fused-ring (bicyclic) bond motifs is 2. The van der Waals surface area contributed by atoms with Crippen LogP contribution in [0.3, 0.4) is 0 Å². The lowest BCUT2D eigenvalue weighted by Crippen LogP contribution is -2.23. The Morgan fingerprint density at radius 3 is 2.67 bits per heavy atom. The number of hydrogen-bond acceptors (Lipinski definition) is 1. The molecule has 136 valence electrons. The second kappa shape index (κ2) is 7.77. The van der Waals surface area contributed by atoms with Crippen LogP contribution in [0.5, 0.6) is 0 Å². The van der Waals surface area contributed by atoms with E-state index in [0.29, 0.717) is 24.4 Å². The van der Waals surface area contributed by atoms with Gasteiger partial charge in [0.2, 0.25) is 0 Å². The van der Waals surface area contributed by atoms with Crippen molar-refractivity contribution in [2.24, 2.45) is 47.3 Å². The topological polar surface area (TPSA) is 20.2 Å². The fourth-order valence-corrected chi connectivity index (χ4v) is 6.43. The smallest absolute Gasteiger partial charge is 0.0465 e. The second-order valence-electron chi connectivity index (χ2n) is 9.27. The van der Waals surface area contributed by atoms with Crippen molar-refractivity contribution in [3.8, 4) is 0 Å². The summed E-state index contributed by atoms with van der Waals surface area (Å²) in [6.07, 6.45) is 14.1. The van der Waals surface area contributed by atoms with Gasteiger partial charge in [-0.15, -0.1) is 6.58 Å². The van der Waals surface area contributed by atoms with Crippen molar-refractivity contribution in [3.05, 3.63) is 24.3 Å². The Morgan fingerprint density at radius 1 is 1.29 bits per heavy atom. The summed E-state index contributed by atoms with van der Waals surface area (Å²) >= 11 is 0.